The largest absolute Gasteiger partial charge is 0.481 e. The Morgan fingerprint density at radius 2 is 2.09 bits per heavy atom. The molecule has 7 nitrogen and oxygen atoms in total. The van der Waals surface area contributed by atoms with Gasteiger partial charge in [-0.05, 0) is 25.8 Å². The molecule has 1 aliphatic rings. The summed E-state index contributed by atoms with van der Waals surface area (Å²) in [6, 6.07) is 1.74. The lowest BCUT2D eigenvalue weighted by atomic mass is 9.99. The van der Waals surface area contributed by atoms with Crippen molar-refractivity contribution in [3.63, 3.8) is 0 Å². The van der Waals surface area contributed by atoms with E-state index in [4.69, 9.17) is 0 Å². The normalized spacial score (nSPS) is 21.5. The summed E-state index contributed by atoms with van der Waals surface area (Å²) >= 11 is 0. The zero-order valence-corrected chi connectivity index (χ0v) is 12.8. The number of rotatable bonds is 2. The van der Waals surface area contributed by atoms with E-state index in [1.807, 2.05) is 20.8 Å². The Bertz CT molecular complexity index is 767. The maximum atomic E-state index is 12.8. The number of carboxylic acids is 1. The van der Waals surface area contributed by atoms with Crippen LogP contribution in [0.4, 0.5) is 0 Å². The van der Waals surface area contributed by atoms with Gasteiger partial charge in [-0.1, -0.05) is 6.92 Å². The molecule has 116 valence electrons. The van der Waals surface area contributed by atoms with Crippen LogP contribution < -0.4 is 0 Å². The second-order valence-corrected chi connectivity index (χ2v) is 5.99. The number of hydrogen-bond donors (Lipinski definition) is 2. The van der Waals surface area contributed by atoms with Gasteiger partial charge in [0.2, 0.25) is 0 Å². The lowest BCUT2D eigenvalue weighted by molar-refractivity contribution is -0.142. The molecule has 0 unspecified atom stereocenters. The highest BCUT2D eigenvalue weighted by Gasteiger charge is 2.37. The van der Waals surface area contributed by atoms with E-state index in [2.05, 4.69) is 15.2 Å². The fraction of sp³-hybridized carbons (Fsp3) is 0.467. The minimum atomic E-state index is -0.849. The van der Waals surface area contributed by atoms with Crippen LogP contribution in [0.25, 0.3) is 11.0 Å². The third kappa shape index (κ3) is 2.22. The summed E-state index contributed by atoms with van der Waals surface area (Å²) in [5.41, 5.74) is 2.55. The molecular formula is C15H18N4O3. The van der Waals surface area contributed by atoms with Crippen molar-refractivity contribution in [3.8, 4) is 0 Å². The van der Waals surface area contributed by atoms with Gasteiger partial charge in [0.25, 0.3) is 5.91 Å². The number of carbonyl (C=O) groups excluding carboxylic acids is 1. The molecule has 1 amide bonds. The minimum Gasteiger partial charge on any atom is -0.481 e. The average molecular weight is 302 g/mol. The van der Waals surface area contributed by atoms with Crippen LogP contribution in [0.5, 0.6) is 0 Å². The van der Waals surface area contributed by atoms with Crippen LogP contribution in [0.3, 0.4) is 0 Å². The van der Waals surface area contributed by atoms with Crippen LogP contribution in [0, 0.1) is 25.7 Å². The van der Waals surface area contributed by atoms with Crippen molar-refractivity contribution in [2.24, 2.45) is 11.8 Å². The molecule has 0 aliphatic carbocycles. The van der Waals surface area contributed by atoms with Gasteiger partial charge in [0.1, 0.15) is 0 Å². The number of nitrogens with zero attached hydrogens (tertiary/aromatic N) is 3. The van der Waals surface area contributed by atoms with Crippen molar-refractivity contribution >= 4 is 22.9 Å². The highest BCUT2D eigenvalue weighted by Crippen LogP contribution is 2.27. The number of aromatic nitrogens is 3. The Morgan fingerprint density at radius 3 is 2.73 bits per heavy atom. The average Bonchev–Trinajstić information content (AvgIpc) is 3.01. The van der Waals surface area contributed by atoms with Crippen molar-refractivity contribution < 1.29 is 14.7 Å². The summed E-state index contributed by atoms with van der Waals surface area (Å²) in [6.07, 6.45) is 0. The van der Waals surface area contributed by atoms with Crippen molar-refractivity contribution in [1.29, 1.82) is 0 Å². The van der Waals surface area contributed by atoms with Gasteiger partial charge < -0.3 is 10.0 Å². The molecule has 2 atom stereocenters. The summed E-state index contributed by atoms with van der Waals surface area (Å²) in [5, 5.41) is 16.9. The predicted octanol–water partition coefficient (Wildman–Crippen LogP) is 1.37. The fourth-order valence-corrected chi connectivity index (χ4v) is 3.09. The highest BCUT2D eigenvalue weighted by molar-refractivity contribution is 6.06. The zero-order valence-electron chi connectivity index (χ0n) is 12.8. The number of aromatic amines is 1. The number of carboxylic acid groups (broad SMARTS) is 1. The molecule has 7 heteroatoms. The standard InChI is InChI=1S/C15H18N4O3/c1-7-5-19(6-11(7)15(21)22)14(20)10-4-8(2)16-13-12(10)9(3)17-18-13/h4,7,11H,5-6H2,1-3H3,(H,21,22)(H,16,17,18)/t7-,11-/m1/s1. The van der Waals surface area contributed by atoms with Gasteiger partial charge in [-0.25, -0.2) is 4.98 Å². The first kappa shape index (κ1) is 14.5. The van der Waals surface area contributed by atoms with E-state index in [9.17, 15) is 14.7 Å². The van der Waals surface area contributed by atoms with Crippen molar-refractivity contribution in [3.05, 3.63) is 23.0 Å². The molecule has 1 saturated heterocycles. The topological polar surface area (TPSA) is 99.2 Å². The number of carbonyl (C=O) groups is 2. The molecule has 0 saturated carbocycles. The van der Waals surface area contributed by atoms with Crippen LogP contribution in [-0.4, -0.2) is 50.2 Å². The van der Waals surface area contributed by atoms with Crippen molar-refractivity contribution in [1.82, 2.24) is 20.1 Å². The van der Waals surface area contributed by atoms with E-state index in [-0.39, 0.29) is 18.4 Å². The molecule has 2 aromatic rings. The molecule has 3 heterocycles. The number of pyridine rings is 1. The summed E-state index contributed by atoms with van der Waals surface area (Å²) in [6.45, 7) is 6.22. The van der Waals surface area contributed by atoms with E-state index in [1.54, 1.807) is 11.0 Å². The maximum Gasteiger partial charge on any atom is 0.308 e. The molecule has 2 N–H and O–H groups in total. The Kier molecular flexibility index (Phi) is 3.35. The zero-order chi connectivity index (χ0) is 16.0. The van der Waals surface area contributed by atoms with Gasteiger partial charge in [0.05, 0.1) is 16.9 Å². The molecule has 0 radical (unpaired) electrons. The first-order valence-corrected chi connectivity index (χ1v) is 7.23. The number of nitrogens with one attached hydrogen (secondary N) is 1. The monoisotopic (exact) mass is 302 g/mol. The number of hydrogen-bond acceptors (Lipinski definition) is 4. The molecule has 1 fully saturated rings. The van der Waals surface area contributed by atoms with Crippen LogP contribution in [0.1, 0.15) is 28.7 Å². The third-order valence-corrected chi connectivity index (χ3v) is 4.28. The van der Waals surface area contributed by atoms with E-state index in [1.165, 1.54) is 0 Å². The second-order valence-electron chi connectivity index (χ2n) is 5.99. The number of likely N-dealkylation sites (tertiary alicyclic amines) is 1. The number of amides is 1. The van der Waals surface area contributed by atoms with Gasteiger partial charge >= 0.3 is 5.97 Å². The lowest BCUT2D eigenvalue weighted by Crippen LogP contribution is -2.30. The van der Waals surface area contributed by atoms with Crippen LogP contribution in [0.2, 0.25) is 0 Å². The molecule has 1 aliphatic heterocycles. The molecule has 0 spiro atoms. The Hall–Kier alpha value is -2.44. The van der Waals surface area contributed by atoms with E-state index >= 15 is 0 Å². The second kappa shape index (κ2) is 5.08. The Balaban J connectivity index is 2.00. The van der Waals surface area contributed by atoms with Gasteiger partial charge in [0, 0.05) is 24.5 Å². The summed E-state index contributed by atoms with van der Waals surface area (Å²) in [7, 11) is 0. The SMILES string of the molecule is Cc1cc(C(=O)N2C[C@@H](C)[C@H](C(=O)O)C2)c2c(C)[nH]nc2n1. The number of fused-ring (bicyclic) bond motifs is 1. The molecule has 22 heavy (non-hydrogen) atoms. The van der Waals surface area contributed by atoms with Gasteiger partial charge in [-0.15, -0.1) is 0 Å². The van der Waals surface area contributed by atoms with E-state index in [0.717, 1.165) is 5.69 Å². The molecular weight excluding hydrogens is 284 g/mol. The summed E-state index contributed by atoms with van der Waals surface area (Å²) in [4.78, 5) is 30.0. The van der Waals surface area contributed by atoms with E-state index in [0.29, 0.717) is 28.8 Å². The highest BCUT2D eigenvalue weighted by atomic mass is 16.4. The van der Waals surface area contributed by atoms with Crippen LogP contribution in [-0.2, 0) is 4.79 Å². The minimum absolute atomic E-state index is 0.0506. The number of aliphatic carboxylic acids is 1. The predicted molar refractivity (Wildman–Crippen MR) is 79.6 cm³/mol. The lowest BCUT2D eigenvalue weighted by Gasteiger charge is -2.17. The molecule has 2 aromatic heterocycles. The molecule has 3 rings (SSSR count). The van der Waals surface area contributed by atoms with E-state index < -0.39 is 11.9 Å². The smallest absolute Gasteiger partial charge is 0.308 e. The van der Waals surface area contributed by atoms with Gasteiger partial charge in [-0.3, -0.25) is 14.7 Å². The number of H-pyrrole nitrogens is 1. The maximum absolute atomic E-state index is 12.8. The van der Waals surface area contributed by atoms with Crippen LogP contribution >= 0.6 is 0 Å². The fourth-order valence-electron chi connectivity index (χ4n) is 3.09. The number of aryl methyl sites for hydroxylation is 2. The van der Waals surface area contributed by atoms with Crippen molar-refractivity contribution in [2.45, 2.75) is 20.8 Å². The third-order valence-electron chi connectivity index (χ3n) is 4.28. The summed E-state index contributed by atoms with van der Waals surface area (Å²) < 4.78 is 0. The first-order valence-electron chi connectivity index (χ1n) is 7.23. The summed E-state index contributed by atoms with van der Waals surface area (Å²) in [5.74, 6) is -1.56. The Labute approximate surface area is 127 Å². The van der Waals surface area contributed by atoms with Crippen molar-refractivity contribution in [2.75, 3.05) is 13.1 Å². The molecule has 0 bridgehead atoms. The van der Waals surface area contributed by atoms with Gasteiger partial charge in [-0.2, -0.15) is 5.10 Å². The first-order chi connectivity index (χ1) is 10.4. The molecule has 0 aromatic carbocycles. The quantitative estimate of drug-likeness (QED) is 0.872. The Morgan fingerprint density at radius 1 is 1.36 bits per heavy atom. The van der Waals surface area contributed by atoms with Crippen LogP contribution in [0.15, 0.2) is 6.07 Å². The van der Waals surface area contributed by atoms with Gasteiger partial charge in [0.15, 0.2) is 5.65 Å².